The number of rotatable bonds is 5. The Balaban J connectivity index is 2.03. The van der Waals surface area contributed by atoms with Gasteiger partial charge in [0.1, 0.15) is 5.54 Å². The quantitative estimate of drug-likeness (QED) is 0.857. The molecule has 0 unspecified atom stereocenters. The number of nitrogens with zero attached hydrogens (tertiary/aromatic N) is 1. The van der Waals surface area contributed by atoms with Gasteiger partial charge in [0.05, 0.1) is 0 Å². The van der Waals surface area contributed by atoms with Crippen LogP contribution in [0.3, 0.4) is 0 Å². The van der Waals surface area contributed by atoms with Crippen molar-refractivity contribution in [1.82, 2.24) is 10.3 Å². The van der Waals surface area contributed by atoms with Gasteiger partial charge in [0.2, 0.25) is 5.88 Å². The molecule has 2 N–H and O–H groups in total. The molecule has 0 saturated heterocycles. The fourth-order valence-corrected chi connectivity index (χ4v) is 1.59. The van der Waals surface area contributed by atoms with E-state index in [-0.39, 0.29) is 11.4 Å². The molecule has 1 heterocycles. The lowest BCUT2D eigenvalue weighted by atomic mass is 10.2. The normalized spacial score (nSPS) is 16.1. The van der Waals surface area contributed by atoms with Crippen LogP contribution in [0.2, 0.25) is 0 Å². The third kappa shape index (κ3) is 3.83. The van der Waals surface area contributed by atoms with Crippen molar-refractivity contribution in [2.75, 3.05) is 6.61 Å². The predicted octanol–water partition coefficient (Wildman–Crippen LogP) is 1.37. The van der Waals surface area contributed by atoms with Crippen molar-refractivity contribution >= 4 is 11.9 Å². The van der Waals surface area contributed by atoms with Gasteiger partial charge >= 0.3 is 12.1 Å². The highest BCUT2D eigenvalue weighted by atomic mass is 19.4. The number of halogens is 3. The molecule has 1 fully saturated rings. The van der Waals surface area contributed by atoms with Crippen molar-refractivity contribution in [3.05, 3.63) is 23.9 Å². The topological polar surface area (TPSA) is 88.5 Å². The Morgan fingerprint density at radius 1 is 1.43 bits per heavy atom. The maximum Gasteiger partial charge on any atom is 0.422 e. The Morgan fingerprint density at radius 3 is 2.62 bits per heavy atom. The zero-order chi connectivity index (χ0) is 15.7. The van der Waals surface area contributed by atoms with Crippen LogP contribution in [0, 0.1) is 0 Å². The molecule has 0 bridgehead atoms. The van der Waals surface area contributed by atoms with Crippen molar-refractivity contribution in [3.8, 4) is 5.88 Å². The average molecular weight is 304 g/mol. The van der Waals surface area contributed by atoms with Gasteiger partial charge in [-0.15, -0.1) is 0 Å². The summed E-state index contributed by atoms with van der Waals surface area (Å²) in [5.41, 5.74) is -1.29. The number of amides is 1. The lowest BCUT2D eigenvalue weighted by Gasteiger charge is -2.13. The van der Waals surface area contributed by atoms with E-state index in [4.69, 9.17) is 5.11 Å². The number of carbonyl (C=O) groups excluding carboxylic acids is 1. The summed E-state index contributed by atoms with van der Waals surface area (Å²) in [6.45, 7) is -1.52. The van der Waals surface area contributed by atoms with Crippen molar-refractivity contribution in [1.29, 1.82) is 0 Å². The molecule has 6 nitrogen and oxygen atoms in total. The van der Waals surface area contributed by atoms with Crippen LogP contribution in [0.1, 0.15) is 23.2 Å². The molecule has 1 saturated carbocycles. The van der Waals surface area contributed by atoms with Gasteiger partial charge in [-0.25, -0.2) is 9.78 Å². The first-order chi connectivity index (χ1) is 9.72. The monoisotopic (exact) mass is 304 g/mol. The van der Waals surface area contributed by atoms with Crippen molar-refractivity contribution < 1.29 is 32.6 Å². The van der Waals surface area contributed by atoms with Gasteiger partial charge in [-0.05, 0) is 18.9 Å². The number of aromatic nitrogens is 1. The van der Waals surface area contributed by atoms with E-state index in [9.17, 15) is 22.8 Å². The molecule has 1 aliphatic carbocycles. The maximum absolute atomic E-state index is 12.0. The van der Waals surface area contributed by atoms with E-state index in [1.165, 1.54) is 6.07 Å². The minimum Gasteiger partial charge on any atom is -0.480 e. The second kappa shape index (κ2) is 5.23. The van der Waals surface area contributed by atoms with Gasteiger partial charge in [-0.2, -0.15) is 13.2 Å². The van der Waals surface area contributed by atoms with E-state index in [1.807, 2.05) is 0 Å². The summed E-state index contributed by atoms with van der Waals surface area (Å²) in [6.07, 6.45) is -2.77. The highest BCUT2D eigenvalue weighted by molar-refractivity contribution is 5.99. The minimum absolute atomic E-state index is 0.0188. The molecule has 9 heteroatoms. The van der Waals surface area contributed by atoms with Crippen LogP contribution < -0.4 is 10.1 Å². The number of aliphatic carboxylic acids is 1. The first-order valence-corrected chi connectivity index (χ1v) is 5.93. The van der Waals surface area contributed by atoms with Crippen LogP contribution in [-0.2, 0) is 4.79 Å². The Morgan fingerprint density at radius 2 is 2.10 bits per heavy atom. The predicted molar refractivity (Wildman–Crippen MR) is 62.9 cm³/mol. The van der Waals surface area contributed by atoms with Crippen LogP contribution in [-0.4, -0.2) is 40.3 Å². The number of hydrogen-bond donors (Lipinski definition) is 2. The Hall–Kier alpha value is -2.32. The summed E-state index contributed by atoms with van der Waals surface area (Å²) in [5, 5.41) is 11.3. The number of pyridine rings is 1. The molecule has 0 aliphatic heterocycles. The van der Waals surface area contributed by atoms with Gasteiger partial charge in [-0.1, -0.05) is 0 Å². The number of carbonyl (C=O) groups is 2. The summed E-state index contributed by atoms with van der Waals surface area (Å²) in [5.74, 6) is -2.20. The Labute approximate surface area is 116 Å². The third-order valence-corrected chi connectivity index (χ3v) is 2.89. The van der Waals surface area contributed by atoms with Crippen LogP contribution in [0.5, 0.6) is 5.88 Å². The standard InChI is InChI=1S/C12H11F3N2O4/c13-12(14,15)6-21-8-5-7(1-4-16-8)9(18)17-11(2-3-11)10(19)20/h1,4-5H,2-3,6H2,(H,17,18)(H,19,20). The fourth-order valence-electron chi connectivity index (χ4n) is 1.59. The SMILES string of the molecule is O=C(NC1(C(=O)O)CC1)c1ccnc(OCC(F)(F)F)c1. The molecule has 1 aromatic heterocycles. The lowest BCUT2D eigenvalue weighted by molar-refractivity contribution is -0.154. The average Bonchev–Trinajstić information content (AvgIpc) is 3.17. The van der Waals surface area contributed by atoms with E-state index in [2.05, 4.69) is 15.0 Å². The highest BCUT2D eigenvalue weighted by Gasteiger charge is 2.51. The molecule has 1 amide bonds. The maximum atomic E-state index is 12.0. The molecule has 1 aliphatic rings. The Kier molecular flexibility index (Phi) is 3.75. The van der Waals surface area contributed by atoms with Crippen LogP contribution in [0.25, 0.3) is 0 Å². The zero-order valence-electron chi connectivity index (χ0n) is 10.6. The molecular weight excluding hydrogens is 293 g/mol. The van der Waals surface area contributed by atoms with Crippen LogP contribution in [0.15, 0.2) is 18.3 Å². The van der Waals surface area contributed by atoms with Crippen LogP contribution in [0.4, 0.5) is 13.2 Å². The highest BCUT2D eigenvalue weighted by Crippen LogP contribution is 2.35. The zero-order valence-corrected chi connectivity index (χ0v) is 10.6. The van der Waals surface area contributed by atoms with E-state index < -0.39 is 30.2 Å². The molecular formula is C12H11F3N2O4. The number of ether oxygens (including phenoxy) is 1. The van der Waals surface area contributed by atoms with E-state index in [0.29, 0.717) is 12.8 Å². The van der Waals surface area contributed by atoms with E-state index in [1.54, 1.807) is 0 Å². The second-order valence-electron chi connectivity index (χ2n) is 4.63. The number of nitrogens with one attached hydrogen (secondary N) is 1. The summed E-state index contributed by atoms with van der Waals surface area (Å²) < 4.78 is 40.5. The van der Waals surface area contributed by atoms with Crippen molar-refractivity contribution in [2.24, 2.45) is 0 Å². The molecule has 114 valence electrons. The van der Waals surface area contributed by atoms with Crippen LogP contribution >= 0.6 is 0 Å². The van der Waals surface area contributed by atoms with Gasteiger partial charge < -0.3 is 15.2 Å². The third-order valence-electron chi connectivity index (χ3n) is 2.89. The van der Waals surface area contributed by atoms with Crippen molar-refractivity contribution in [2.45, 2.75) is 24.6 Å². The van der Waals surface area contributed by atoms with Gasteiger partial charge in [0, 0.05) is 17.8 Å². The lowest BCUT2D eigenvalue weighted by Crippen LogP contribution is -2.43. The smallest absolute Gasteiger partial charge is 0.422 e. The largest absolute Gasteiger partial charge is 0.480 e. The summed E-state index contributed by atoms with van der Waals surface area (Å²) in [7, 11) is 0. The van der Waals surface area contributed by atoms with Gasteiger partial charge in [-0.3, -0.25) is 4.79 Å². The number of hydrogen-bond acceptors (Lipinski definition) is 4. The van der Waals surface area contributed by atoms with Gasteiger partial charge in [0.15, 0.2) is 6.61 Å². The molecule has 0 atom stereocenters. The molecule has 0 radical (unpaired) electrons. The molecule has 0 aromatic carbocycles. The summed E-state index contributed by atoms with van der Waals surface area (Å²) >= 11 is 0. The number of carboxylic acids is 1. The first kappa shape index (κ1) is 15.1. The molecule has 21 heavy (non-hydrogen) atoms. The molecule has 1 aromatic rings. The minimum atomic E-state index is -4.51. The molecule has 2 rings (SSSR count). The van der Waals surface area contributed by atoms with Gasteiger partial charge in [0.25, 0.3) is 5.91 Å². The number of carboxylic acid groups (broad SMARTS) is 1. The number of alkyl halides is 3. The fraction of sp³-hybridized carbons (Fsp3) is 0.417. The summed E-state index contributed by atoms with van der Waals surface area (Å²) in [6, 6.07) is 2.28. The van der Waals surface area contributed by atoms with Crippen molar-refractivity contribution in [3.63, 3.8) is 0 Å². The molecule has 0 spiro atoms. The second-order valence-corrected chi connectivity index (χ2v) is 4.63. The summed E-state index contributed by atoms with van der Waals surface area (Å²) in [4.78, 5) is 26.4. The van der Waals surface area contributed by atoms with E-state index in [0.717, 1.165) is 12.3 Å². The van der Waals surface area contributed by atoms with E-state index >= 15 is 0 Å². The first-order valence-electron chi connectivity index (χ1n) is 5.93. The Bertz CT molecular complexity index is 570.